The molecule has 0 bridgehead atoms. The van der Waals surface area contributed by atoms with Gasteiger partial charge < -0.3 is 4.55 Å². The van der Waals surface area contributed by atoms with Crippen molar-refractivity contribution in [1.82, 2.24) is 4.57 Å². The zero-order valence-corrected chi connectivity index (χ0v) is 12.3. The zero-order chi connectivity index (χ0) is 14.0. The molecule has 0 N–H and O–H groups in total. The number of hydrogen-bond acceptors (Lipinski definition) is 3. The second kappa shape index (κ2) is 9.10. The molecule has 0 saturated carbocycles. The van der Waals surface area contributed by atoms with Crippen LogP contribution in [0.3, 0.4) is 0 Å². The van der Waals surface area contributed by atoms with E-state index in [0.717, 1.165) is 0 Å². The molecular formula is C12H24N2O3S. The van der Waals surface area contributed by atoms with Gasteiger partial charge in [-0.25, -0.2) is 17.6 Å². The van der Waals surface area contributed by atoms with E-state index in [2.05, 4.69) is 41.8 Å². The number of aryl methyl sites for hydroxylation is 2. The molecule has 0 amide bonds. The summed E-state index contributed by atoms with van der Waals surface area (Å²) in [5.74, 6) is -0.312. The van der Waals surface area contributed by atoms with Crippen LogP contribution in [0.5, 0.6) is 0 Å². The van der Waals surface area contributed by atoms with Crippen molar-refractivity contribution in [1.29, 1.82) is 0 Å². The average Bonchev–Trinajstić information content (AvgIpc) is 2.71. The predicted octanol–water partition coefficient (Wildman–Crippen LogP) is 1.44. The van der Waals surface area contributed by atoms with E-state index in [1.807, 2.05) is 0 Å². The summed E-state index contributed by atoms with van der Waals surface area (Å²) in [5, 5.41) is 0. The molecule has 0 radical (unpaired) electrons. The van der Waals surface area contributed by atoms with Gasteiger partial charge in [0.05, 0.1) is 23.7 Å². The summed E-state index contributed by atoms with van der Waals surface area (Å²) in [7, 11) is -1.85. The first-order valence-electron chi connectivity index (χ1n) is 6.33. The van der Waals surface area contributed by atoms with Crippen LogP contribution in [-0.4, -0.2) is 23.3 Å². The molecule has 1 rings (SSSR count). The third-order valence-corrected chi connectivity index (χ3v) is 3.15. The fourth-order valence-corrected chi connectivity index (χ4v) is 1.36. The third-order valence-electron chi connectivity index (χ3n) is 2.45. The van der Waals surface area contributed by atoms with Gasteiger partial charge in [0.25, 0.3) is 0 Å². The van der Waals surface area contributed by atoms with Crippen LogP contribution in [0.1, 0.15) is 39.5 Å². The summed E-state index contributed by atoms with van der Waals surface area (Å²) >= 11 is 0. The predicted molar refractivity (Wildman–Crippen MR) is 70.0 cm³/mol. The van der Waals surface area contributed by atoms with Crippen LogP contribution in [0.25, 0.3) is 0 Å². The van der Waals surface area contributed by atoms with Gasteiger partial charge in [-0.1, -0.05) is 26.7 Å². The van der Waals surface area contributed by atoms with E-state index in [9.17, 15) is 13.0 Å². The number of hydrogen-bond donors (Lipinski definition) is 0. The van der Waals surface area contributed by atoms with Crippen molar-refractivity contribution in [3.05, 3.63) is 18.7 Å². The highest BCUT2D eigenvalue weighted by Gasteiger charge is 1.97. The maximum absolute atomic E-state index is 9.44. The molecule has 1 aromatic rings. The molecule has 0 aliphatic rings. The first-order valence-corrected chi connectivity index (χ1v) is 7.91. The summed E-state index contributed by atoms with van der Waals surface area (Å²) in [6.07, 6.45) is 11.7. The Balaban J connectivity index is 0.000000411. The van der Waals surface area contributed by atoms with Gasteiger partial charge >= 0.3 is 0 Å². The fourth-order valence-electron chi connectivity index (χ4n) is 1.36. The molecule has 0 unspecified atom stereocenters. The number of imidazole rings is 1. The minimum absolute atomic E-state index is 0.312. The molecular weight excluding hydrogens is 252 g/mol. The van der Waals surface area contributed by atoms with Crippen molar-refractivity contribution in [2.24, 2.45) is 7.05 Å². The first kappa shape index (κ1) is 17.1. The highest BCUT2D eigenvalue weighted by Crippen LogP contribution is 2.00. The van der Waals surface area contributed by atoms with Crippen LogP contribution in [0.2, 0.25) is 0 Å². The van der Waals surface area contributed by atoms with Gasteiger partial charge in [0, 0.05) is 5.75 Å². The molecule has 0 saturated heterocycles. The Morgan fingerprint density at radius 2 is 1.83 bits per heavy atom. The van der Waals surface area contributed by atoms with Crippen molar-refractivity contribution in [3.63, 3.8) is 0 Å². The molecule has 0 atom stereocenters. The van der Waals surface area contributed by atoms with E-state index in [-0.39, 0.29) is 5.75 Å². The van der Waals surface area contributed by atoms with Gasteiger partial charge in [-0.3, -0.25) is 0 Å². The summed E-state index contributed by atoms with van der Waals surface area (Å²) < 4.78 is 32.7. The van der Waals surface area contributed by atoms with Gasteiger partial charge in [-0.15, -0.1) is 0 Å². The van der Waals surface area contributed by atoms with Gasteiger partial charge in [0.1, 0.15) is 12.4 Å². The second-order valence-corrected chi connectivity index (χ2v) is 5.92. The lowest BCUT2D eigenvalue weighted by atomic mass is 10.2. The molecule has 1 heterocycles. The fraction of sp³-hybridized carbons (Fsp3) is 0.750. The van der Waals surface area contributed by atoms with E-state index in [0.29, 0.717) is 0 Å². The van der Waals surface area contributed by atoms with Crippen molar-refractivity contribution in [2.75, 3.05) is 5.75 Å². The van der Waals surface area contributed by atoms with E-state index in [1.165, 1.54) is 39.2 Å². The van der Waals surface area contributed by atoms with Crippen LogP contribution >= 0.6 is 0 Å². The molecule has 0 aliphatic heterocycles. The van der Waals surface area contributed by atoms with Crippen LogP contribution in [-0.2, 0) is 23.7 Å². The SMILES string of the molecule is CCCCCCn1cc[n+](C)c1.CCS(=O)(=O)[O-]. The average molecular weight is 276 g/mol. The highest BCUT2D eigenvalue weighted by molar-refractivity contribution is 7.85. The Morgan fingerprint density at radius 3 is 2.22 bits per heavy atom. The Morgan fingerprint density at radius 1 is 1.22 bits per heavy atom. The summed E-state index contributed by atoms with van der Waals surface area (Å²) in [6, 6.07) is 0. The molecule has 0 aromatic carbocycles. The Hall–Kier alpha value is -0.880. The normalized spacial score (nSPS) is 10.9. The number of unbranched alkanes of at least 4 members (excludes halogenated alkanes) is 3. The molecule has 0 fully saturated rings. The van der Waals surface area contributed by atoms with Crippen molar-refractivity contribution in [2.45, 2.75) is 46.1 Å². The van der Waals surface area contributed by atoms with E-state index in [1.54, 1.807) is 0 Å². The minimum Gasteiger partial charge on any atom is -0.748 e. The Bertz CT molecular complexity index is 413. The number of rotatable bonds is 6. The molecule has 18 heavy (non-hydrogen) atoms. The zero-order valence-electron chi connectivity index (χ0n) is 11.5. The van der Waals surface area contributed by atoms with Gasteiger partial charge in [-0.05, 0) is 12.8 Å². The Kier molecular flexibility index (Phi) is 8.66. The van der Waals surface area contributed by atoms with Crippen molar-refractivity contribution >= 4 is 10.1 Å². The lowest BCUT2D eigenvalue weighted by Gasteiger charge is -1.97. The first-order chi connectivity index (χ1) is 8.39. The van der Waals surface area contributed by atoms with Crippen LogP contribution < -0.4 is 4.57 Å². The van der Waals surface area contributed by atoms with Crippen molar-refractivity contribution in [3.8, 4) is 0 Å². The minimum atomic E-state index is -3.91. The van der Waals surface area contributed by atoms with Gasteiger partial charge in [0.2, 0.25) is 6.33 Å². The molecule has 6 heteroatoms. The standard InChI is InChI=1S/C10H19N2.C2H6O3S/c1-3-4-5-6-7-12-9-8-11(2)10-12;1-2-6(3,4)5/h8-10H,3-7H2,1-2H3;2H2,1H3,(H,3,4,5)/q+1;/p-1. The lowest BCUT2D eigenvalue weighted by molar-refractivity contribution is -0.671. The summed E-state index contributed by atoms with van der Waals surface area (Å²) in [4.78, 5) is 0. The van der Waals surface area contributed by atoms with Gasteiger partial charge in [-0.2, -0.15) is 0 Å². The quantitative estimate of drug-likeness (QED) is 0.448. The van der Waals surface area contributed by atoms with E-state index >= 15 is 0 Å². The lowest BCUT2D eigenvalue weighted by Crippen LogP contribution is -2.23. The largest absolute Gasteiger partial charge is 0.748 e. The molecule has 0 aliphatic carbocycles. The van der Waals surface area contributed by atoms with E-state index in [4.69, 9.17) is 0 Å². The third kappa shape index (κ3) is 10.3. The molecule has 1 aromatic heterocycles. The summed E-state index contributed by atoms with van der Waals surface area (Å²) in [6.45, 7) is 4.72. The smallest absolute Gasteiger partial charge is 0.243 e. The van der Waals surface area contributed by atoms with Crippen LogP contribution in [0.15, 0.2) is 18.7 Å². The number of aromatic nitrogens is 2. The van der Waals surface area contributed by atoms with Crippen LogP contribution in [0.4, 0.5) is 0 Å². The molecule has 5 nitrogen and oxygen atoms in total. The molecule has 0 spiro atoms. The number of nitrogens with zero attached hydrogens (tertiary/aromatic N) is 2. The second-order valence-electron chi connectivity index (χ2n) is 4.22. The summed E-state index contributed by atoms with van der Waals surface area (Å²) in [5.41, 5.74) is 0. The monoisotopic (exact) mass is 276 g/mol. The molecule has 106 valence electrons. The maximum Gasteiger partial charge on any atom is 0.243 e. The van der Waals surface area contributed by atoms with E-state index < -0.39 is 10.1 Å². The maximum atomic E-state index is 9.44. The highest BCUT2D eigenvalue weighted by atomic mass is 32.2. The Labute approximate surface area is 110 Å². The van der Waals surface area contributed by atoms with Crippen LogP contribution in [0, 0.1) is 0 Å². The van der Waals surface area contributed by atoms with Gasteiger partial charge in [0.15, 0.2) is 0 Å². The van der Waals surface area contributed by atoms with Crippen molar-refractivity contribution < 1.29 is 17.5 Å². The topological polar surface area (TPSA) is 66.0 Å².